The van der Waals surface area contributed by atoms with Gasteiger partial charge in [0.05, 0.1) is 11.9 Å². The number of nitrogens with one attached hydrogen (secondary N) is 1. The summed E-state index contributed by atoms with van der Waals surface area (Å²) in [5.41, 5.74) is 2.12. The highest BCUT2D eigenvalue weighted by atomic mass is 16.3. The highest BCUT2D eigenvalue weighted by molar-refractivity contribution is 5.47. The monoisotopic (exact) mass is 194 g/mol. The third-order valence-corrected chi connectivity index (χ3v) is 2.22. The molecule has 1 rings (SSSR count). The first-order valence-electron chi connectivity index (χ1n) is 4.80. The molecule has 2 N–H and O–H groups in total. The van der Waals surface area contributed by atoms with Crippen LogP contribution in [0.25, 0.3) is 0 Å². The Kier molecular flexibility index (Phi) is 3.47. The summed E-state index contributed by atoms with van der Waals surface area (Å²) in [6, 6.07) is 1.97. The second-order valence-electron chi connectivity index (χ2n) is 4.37. The first-order chi connectivity index (χ1) is 6.55. The van der Waals surface area contributed by atoms with Crippen molar-refractivity contribution in [1.82, 2.24) is 4.98 Å². The van der Waals surface area contributed by atoms with Gasteiger partial charge in [-0.2, -0.15) is 0 Å². The third kappa shape index (κ3) is 3.00. The van der Waals surface area contributed by atoms with Gasteiger partial charge in [0.15, 0.2) is 0 Å². The van der Waals surface area contributed by atoms with Crippen LogP contribution in [-0.4, -0.2) is 23.2 Å². The molecular formula is C11H18N2O. The zero-order chi connectivity index (χ0) is 10.6. The Hall–Kier alpha value is -1.09. The number of anilines is 1. The van der Waals surface area contributed by atoms with Gasteiger partial charge in [-0.25, -0.2) is 0 Å². The van der Waals surface area contributed by atoms with Crippen molar-refractivity contribution in [3.63, 3.8) is 0 Å². The molecule has 0 saturated heterocycles. The van der Waals surface area contributed by atoms with E-state index < -0.39 is 0 Å². The molecule has 14 heavy (non-hydrogen) atoms. The van der Waals surface area contributed by atoms with Crippen LogP contribution < -0.4 is 5.32 Å². The molecule has 0 radical (unpaired) electrons. The minimum Gasteiger partial charge on any atom is -0.396 e. The Balaban J connectivity index is 2.58. The number of hydrogen-bond donors (Lipinski definition) is 2. The van der Waals surface area contributed by atoms with E-state index in [9.17, 15) is 0 Å². The number of aliphatic hydroxyl groups excluding tert-OH is 1. The Labute approximate surface area is 85.2 Å². The molecule has 0 unspecified atom stereocenters. The molecule has 0 aliphatic heterocycles. The van der Waals surface area contributed by atoms with E-state index in [-0.39, 0.29) is 12.0 Å². The van der Waals surface area contributed by atoms with Crippen LogP contribution in [0.15, 0.2) is 18.5 Å². The summed E-state index contributed by atoms with van der Waals surface area (Å²) in [4.78, 5) is 4.05. The topological polar surface area (TPSA) is 45.2 Å². The molecule has 1 aromatic rings. The molecule has 0 saturated carbocycles. The smallest absolute Gasteiger partial charge is 0.0556 e. The van der Waals surface area contributed by atoms with Crippen LogP contribution in [0.2, 0.25) is 0 Å². The molecule has 0 fully saturated rings. The van der Waals surface area contributed by atoms with Crippen LogP contribution in [0.4, 0.5) is 5.69 Å². The number of aryl methyl sites for hydroxylation is 1. The van der Waals surface area contributed by atoms with Gasteiger partial charge in [0, 0.05) is 24.8 Å². The quantitative estimate of drug-likeness (QED) is 0.768. The second kappa shape index (κ2) is 4.42. The van der Waals surface area contributed by atoms with E-state index in [1.165, 1.54) is 5.56 Å². The lowest BCUT2D eigenvalue weighted by Gasteiger charge is -2.23. The molecule has 0 aromatic carbocycles. The number of aromatic nitrogens is 1. The molecule has 1 aromatic heterocycles. The Bertz CT molecular complexity index is 297. The van der Waals surface area contributed by atoms with Crippen molar-refractivity contribution in [3.05, 3.63) is 24.0 Å². The van der Waals surface area contributed by atoms with Crippen molar-refractivity contribution in [2.24, 2.45) is 5.41 Å². The molecule has 0 aliphatic carbocycles. The third-order valence-electron chi connectivity index (χ3n) is 2.22. The summed E-state index contributed by atoms with van der Waals surface area (Å²) < 4.78 is 0. The van der Waals surface area contributed by atoms with E-state index in [2.05, 4.69) is 10.3 Å². The summed E-state index contributed by atoms with van der Waals surface area (Å²) in [6.45, 7) is 7.00. The molecule has 0 bridgehead atoms. The van der Waals surface area contributed by atoms with E-state index in [4.69, 9.17) is 5.11 Å². The van der Waals surface area contributed by atoms with Crippen molar-refractivity contribution >= 4 is 5.69 Å². The summed E-state index contributed by atoms with van der Waals surface area (Å²) in [5, 5.41) is 12.4. The van der Waals surface area contributed by atoms with Crippen LogP contribution in [0, 0.1) is 12.3 Å². The molecule has 0 spiro atoms. The van der Waals surface area contributed by atoms with Crippen molar-refractivity contribution in [1.29, 1.82) is 0 Å². The van der Waals surface area contributed by atoms with Gasteiger partial charge < -0.3 is 10.4 Å². The number of aliphatic hydroxyl groups is 1. The number of hydrogen-bond acceptors (Lipinski definition) is 3. The van der Waals surface area contributed by atoms with Gasteiger partial charge in [-0.15, -0.1) is 0 Å². The predicted octanol–water partition coefficient (Wildman–Crippen LogP) is 1.82. The molecule has 0 aliphatic rings. The highest BCUT2D eigenvalue weighted by Crippen LogP contribution is 2.17. The first kappa shape index (κ1) is 11.0. The van der Waals surface area contributed by atoms with Crippen LogP contribution in [0.5, 0.6) is 0 Å². The van der Waals surface area contributed by atoms with E-state index in [0.29, 0.717) is 0 Å². The Morgan fingerprint density at radius 2 is 2.21 bits per heavy atom. The van der Waals surface area contributed by atoms with Gasteiger partial charge >= 0.3 is 0 Å². The lowest BCUT2D eigenvalue weighted by molar-refractivity contribution is 0.171. The fourth-order valence-electron chi connectivity index (χ4n) is 1.04. The molecule has 1 heterocycles. The summed E-state index contributed by atoms with van der Waals surface area (Å²) in [5.74, 6) is 0. The molecule has 78 valence electrons. The predicted molar refractivity (Wildman–Crippen MR) is 58.3 cm³/mol. The minimum absolute atomic E-state index is 0.0950. The number of nitrogens with zero attached hydrogens (tertiary/aromatic N) is 1. The summed E-state index contributed by atoms with van der Waals surface area (Å²) in [6.07, 6.45) is 3.58. The van der Waals surface area contributed by atoms with Gasteiger partial charge in [0.1, 0.15) is 0 Å². The molecule has 3 heteroatoms. The number of rotatable bonds is 4. The van der Waals surface area contributed by atoms with Crippen LogP contribution in [0.3, 0.4) is 0 Å². The van der Waals surface area contributed by atoms with Crippen molar-refractivity contribution in [2.45, 2.75) is 20.8 Å². The van der Waals surface area contributed by atoms with Crippen LogP contribution in [0.1, 0.15) is 19.4 Å². The van der Waals surface area contributed by atoms with Crippen LogP contribution in [-0.2, 0) is 0 Å². The molecule has 3 nitrogen and oxygen atoms in total. The van der Waals surface area contributed by atoms with Crippen molar-refractivity contribution < 1.29 is 5.11 Å². The van der Waals surface area contributed by atoms with E-state index >= 15 is 0 Å². The largest absolute Gasteiger partial charge is 0.396 e. The van der Waals surface area contributed by atoms with Gasteiger partial charge in [-0.1, -0.05) is 13.8 Å². The lowest BCUT2D eigenvalue weighted by atomic mass is 9.95. The van der Waals surface area contributed by atoms with E-state index in [1.807, 2.05) is 33.0 Å². The number of pyridine rings is 1. The maximum absolute atomic E-state index is 9.09. The SMILES string of the molecule is Cc1ccncc1NCC(C)(C)CO. The molecule has 0 amide bonds. The minimum atomic E-state index is -0.0950. The van der Waals surface area contributed by atoms with E-state index in [0.717, 1.165) is 12.2 Å². The second-order valence-corrected chi connectivity index (χ2v) is 4.37. The lowest BCUT2D eigenvalue weighted by Crippen LogP contribution is -2.27. The normalized spacial score (nSPS) is 11.4. The van der Waals surface area contributed by atoms with Crippen molar-refractivity contribution in [3.8, 4) is 0 Å². The Morgan fingerprint density at radius 1 is 1.50 bits per heavy atom. The van der Waals surface area contributed by atoms with Gasteiger partial charge in [0.2, 0.25) is 0 Å². The standard InChI is InChI=1S/C11H18N2O/c1-9-4-5-12-6-10(9)13-7-11(2,3)8-14/h4-6,13-14H,7-8H2,1-3H3. The maximum atomic E-state index is 9.09. The van der Waals surface area contributed by atoms with Crippen molar-refractivity contribution in [2.75, 3.05) is 18.5 Å². The van der Waals surface area contributed by atoms with Gasteiger partial charge in [-0.3, -0.25) is 4.98 Å². The first-order valence-corrected chi connectivity index (χ1v) is 4.80. The average Bonchev–Trinajstić information content (AvgIpc) is 2.17. The summed E-state index contributed by atoms with van der Waals surface area (Å²) >= 11 is 0. The molecular weight excluding hydrogens is 176 g/mol. The van der Waals surface area contributed by atoms with Gasteiger partial charge in [0.25, 0.3) is 0 Å². The van der Waals surface area contributed by atoms with Crippen LogP contribution >= 0.6 is 0 Å². The maximum Gasteiger partial charge on any atom is 0.0556 e. The zero-order valence-electron chi connectivity index (χ0n) is 9.04. The average molecular weight is 194 g/mol. The molecule has 0 atom stereocenters. The fourth-order valence-corrected chi connectivity index (χ4v) is 1.04. The van der Waals surface area contributed by atoms with E-state index in [1.54, 1.807) is 6.20 Å². The highest BCUT2D eigenvalue weighted by Gasteiger charge is 2.15. The fraction of sp³-hybridized carbons (Fsp3) is 0.545. The van der Waals surface area contributed by atoms with Gasteiger partial charge in [-0.05, 0) is 18.6 Å². The zero-order valence-corrected chi connectivity index (χ0v) is 9.04. The summed E-state index contributed by atoms with van der Waals surface area (Å²) in [7, 11) is 0. The Morgan fingerprint density at radius 3 is 2.79 bits per heavy atom.